The number of nitrogens with zero attached hydrogens (tertiary/aromatic N) is 1. The van der Waals surface area contributed by atoms with Crippen molar-refractivity contribution in [1.82, 2.24) is 10.2 Å². The third-order valence-electron chi connectivity index (χ3n) is 5.12. The summed E-state index contributed by atoms with van der Waals surface area (Å²) in [5, 5.41) is 3.14. The highest BCUT2D eigenvalue weighted by atomic mass is 16.2. The molecule has 2 rings (SSSR count). The van der Waals surface area contributed by atoms with Gasteiger partial charge in [-0.2, -0.15) is 0 Å². The molecule has 0 aromatic heterocycles. The molecular weight excluding hydrogens is 348 g/mol. The van der Waals surface area contributed by atoms with E-state index in [2.05, 4.69) is 29.6 Å². The maximum Gasteiger partial charge on any atom is 0.222 e. The van der Waals surface area contributed by atoms with Crippen molar-refractivity contribution in [3.63, 3.8) is 0 Å². The van der Waals surface area contributed by atoms with Crippen LogP contribution in [0, 0.1) is 0 Å². The molecule has 0 saturated carbocycles. The van der Waals surface area contributed by atoms with Crippen molar-refractivity contribution in [2.24, 2.45) is 0 Å². The number of benzene rings is 2. The Labute approximate surface area is 169 Å². The van der Waals surface area contributed by atoms with Crippen LogP contribution in [0.4, 0.5) is 0 Å². The van der Waals surface area contributed by atoms with Crippen LogP contribution in [0.15, 0.2) is 60.7 Å². The van der Waals surface area contributed by atoms with Crippen LogP contribution in [0.25, 0.3) is 0 Å². The first-order valence-corrected chi connectivity index (χ1v) is 10.2. The lowest BCUT2D eigenvalue weighted by Crippen LogP contribution is -2.37. The summed E-state index contributed by atoms with van der Waals surface area (Å²) in [6.45, 7) is 7.43. The molecule has 0 radical (unpaired) electrons. The Bertz CT molecular complexity index is 687. The van der Waals surface area contributed by atoms with Gasteiger partial charge in [0.2, 0.25) is 11.8 Å². The standard InChI is InChI=1S/C24H32N2O2/c1-4-26(5-2)23(28)18-12-17-22(27)25-19(3)24(20-13-8-6-9-14-20)21-15-10-7-11-16-21/h6-11,13-16,19,24H,4-5,12,17-18H2,1-3H3,(H,25,27). The molecule has 150 valence electrons. The molecule has 1 N–H and O–H groups in total. The highest BCUT2D eigenvalue weighted by Crippen LogP contribution is 2.28. The van der Waals surface area contributed by atoms with E-state index in [4.69, 9.17) is 0 Å². The van der Waals surface area contributed by atoms with Crippen molar-refractivity contribution in [1.29, 1.82) is 0 Å². The average Bonchev–Trinajstić information content (AvgIpc) is 2.70. The second-order valence-corrected chi connectivity index (χ2v) is 7.07. The van der Waals surface area contributed by atoms with Crippen LogP contribution in [0.5, 0.6) is 0 Å². The van der Waals surface area contributed by atoms with E-state index in [0.717, 1.165) is 0 Å². The van der Waals surface area contributed by atoms with E-state index in [1.807, 2.05) is 57.2 Å². The Hall–Kier alpha value is -2.62. The molecule has 1 atom stereocenters. The lowest BCUT2D eigenvalue weighted by molar-refractivity contribution is -0.131. The maximum absolute atomic E-state index is 12.5. The highest BCUT2D eigenvalue weighted by molar-refractivity contribution is 5.79. The summed E-state index contributed by atoms with van der Waals surface area (Å²) >= 11 is 0. The fraction of sp³-hybridized carbons (Fsp3) is 0.417. The van der Waals surface area contributed by atoms with E-state index in [0.29, 0.717) is 32.4 Å². The van der Waals surface area contributed by atoms with Crippen LogP contribution in [0.2, 0.25) is 0 Å². The molecule has 0 heterocycles. The number of rotatable bonds is 10. The Morgan fingerprint density at radius 1 is 0.857 bits per heavy atom. The predicted molar refractivity (Wildman–Crippen MR) is 114 cm³/mol. The van der Waals surface area contributed by atoms with E-state index in [-0.39, 0.29) is 23.8 Å². The molecule has 0 aliphatic heterocycles. The van der Waals surface area contributed by atoms with Gasteiger partial charge in [-0.3, -0.25) is 9.59 Å². The van der Waals surface area contributed by atoms with Crippen LogP contribution in [0.1, 0.15) is 57.1 Å². The van der Waals surface area contributed by atoms with Crippen LogP contribution < -0.4 is 5.32 Å². The van der Waals surface area contributed by atoms with E-state index in [1.165, 1.54) is 11.1 Å². The number of carbonyl (C=O) groups is 2. The molecule has 0 fully saturated rings. The van der Waals surface area contributed by atoms with Gasteiger partial charge >= 0.3 is 0 Å². The third kappa shape index (κ3) is 6.22. The number of nitrogens with one attached hydrogen (secondary N) is 1. The van der Waals surface area contributed by atoms with Crippen LogP contribution in [-0.4, -0.2) is 35.8 Å². The molecule has 2 amide bonds. The van der Waals surface area contributed by atoms with E-state index in [1.54, 1.807) is 4.90 Å². The van der Waals surface area contributed by atoms with Gasteiger partial charge in [0.1, 0.15) is 0 Å². The van der Waals surface area contributed by atoms with E-state index < -0.39 is 0 Å². The zero-order valence-corrected chi connectivity index (χ0v) is 17.2. The van der Waals surface area contributed by atoms with Gasteiger partial charge in [-0.25, -0.2) is 0 Å². The van der Waals surface area contributed by atoms with Gasteiger partial charge in [0.15, 0.2) is 0 Å². The van der Waals surface area contributed by atoms with Crippen LogP contribution in [0.3, 0.4) is 0 Å². The Balaban J connectivity index is 1.97. The van der Waals surface area contributed by atoms with Crippen molar-refractivity contribution in [3.05, 3.63) is 71.8 Å². The fourth-order valence-electron chi connectivity index (χ4n) is 3.63. The summed E-state index contributed by atoms with van der Waals surface area (Å²) in [5.41, 5.74) is 2.36. The smallest absolute Gasteiger partial charge is 0.222 e. The Morgan fingerprint density at radius 2 is 1.36 bits per heavy atom. The minimum absolute atomic E-state index is 0.00305. The van der Waals surface area contributed by atoms with Crippen molar-refractivity contribution >= 4 is 11.8 Å². The minimum atomic E-state index is -0.0456. The largest absolute Gasteiger partial charge is 0.353 e. The molecule has 2 aromatic carbocycles. The number of hydrogen-bond acceptors (Lipinski definition) is 2. The first-order valence-electron chi connectivity index (χ1n) is 10.2. The third-order valence-corrected chi connectivity index (χ3v) is 5.12. The SMILES string of the molecule is CCN(CC)C(=O)CCCC(=O)NC(C)C(c1ccccc1)c1ccccc1. The second-order valence-electron chi connectivity index (χ2n) is 7.07. The summed E-state index contributed by atoms with van der Waals surface area (Å²) in [5.74, 6) is 0.206. The summed E-state index contributed by atoms with van der Waals surface area (Å²) in [6.07, 6.45) is 1.37. The topological polar surface area (TPSA) is 49.4 Å². The molecule has 0 saturated heterocycles. The minimum Gasteiger partial charge on any atom is -0.353 e. The van der Waals surface area contributed by atoms with Gasteiger partial charge in [-0.1, -0.05) is 60.7 Å². The summed E-state index contributed by atoms with van der Waals surface area (Å²) in [7, 11) is 0. The summed E-state index contributed by atoms with van der Waals surface area (Å²) in [6, 6.07) is 20.5. The highest BCUT2D eigenvalue weighted by Gasteiger charge is 2.22. The first-order chi connectivity index (χ1) is 13.6. The quantitative estimate of drug-likeness (QED) is 0.666. The normalized spacial score (nSPS) is 11.9. The predicted octanol–water partition coefficient (Wildman–Crippen LogP) is 4.36. The molecule has 28 heavy (non-hydrogen) atoms. The van der Waals surface area contributed by atoms with Crippen molar-refractivity contribution < 1.29 is 9.59 Å². The molecule has 1 unspecified atom stereocenters. The maximum atomic E-state index is 12.5. The molecule has 2 aromatic rings. The number of carbonyl (C=O) groups excluding carboxylic acids is 2. The average molecular weight is 381 g/mol. The second kappa shape index (κ2) is 11.3. The molecule has 0 bridgehead atoms. The summed E-state index contributed by atoms with van der Waals surface area (Å²) < 4.78 is 0. The van der Waals surface area contributed by atoms with Gasteiger partial charge in [0.25, 0.3) is 0 Å². The molecule has 0 spiro atoms. The van der Waals surface area contributed by atoms with Crippen LogP contribution >= 0.6 is 0 Å². The van der Waals surface area contributed by atoms with Crippen molar-refractivity contribution in [3.8, 4) is 0 Å². The zero-order chi connectivity index (χ0) is 20.4. The number of amides is 2. The van der Waals surface area contributed by atoms with Gasteiger partial charge in [0.05, 0.1) is 0 Å². The Kier molecular flexibility index (Phi) is 8.73. The monoisotopic (exact) mass is 380 g/mol. The lowest BCUT2D eigenvalue weighted by atomic mass is 9.85. The molecule has 4 nitrogen and oxygen atoms in total. The van der Waals surface area contributed by atoms with Gasteiger partial charge in [-0.15, -0.1) is 0 Å². The van der Waals surface area contributed by atoms with Crippen molar-refractivity contribution in [2.45, 2.75) is 52.0 Å². The zero-order valence-electron chi connectivity index (χ0n) is 17.2. The van der Waals surface area contributed by atoms with Crippen molar-refractivity contribution in [2.75, 3.05) is 13.1 Å². The van der Waals surface area contributed by atoms with Gasteiger partial charge in [0, 0.05) is 37.9 Å². The van der Waals surface area contributed by atoms with E-state index in [9.17, 15) is 9.59 Å². The lowest BCUT2D eigenvalue weighted by Gasteiger charge is -2.26. The first kappa shape index (κ1) is 21.7. The van der Waals surface area contributed by atoms with Gasteiger partial charge in [-0.05, 0) is 38.3 Å². The molecule has 4 heteroatoms. The fourth-order valence-corrected chi connectivity index (χ4v) is 3.63. The molecular formula is C24H32N2O2. The van der Waals surface area contributed by atoms with E-state index >= 15 is 0 Å². The molecule has 0 aliphatic carbocycles. The van der Waals surface area contributed by atoms with Gasteiger partial charge < -0.3 is 10.2 Å². The molecule has 0 aliphatic rings. The Morgan fingerprint density at radius 3 is 1.82 bits per heavy atom. The summed E-state index contributed by atoms with van der Waals surface area (Å²) in [4.78, 5) is 26.4. The number of hydrogen-bond donors (Lipinski definition) is 1. The van der Waals surface area contributed by atoms with Crippen LogP contribution in [-0.2, 0) is 9.59 Å².